The van der Waals surface area contributed by atoms with E-state index in [0.29, 0.717) is 23.6 Å². The molecular weight excluding hydrogens is 300 g/mol. The van der Waals surface area contributed by atoms with Gasteiger partial charge in [0.25, 0.3) is 10.0 Å². The molecule has 0 saturated heterocycles. The van der Waals surface area contributed by atoms with Crippen molar-refractivity contribution in [3.63, 3.8) is 0 Å². The minimum Gasteiger partial charge on any atom is -0.441 e. The Labute approximate surface area is 129 Å². The van der Waals surface area contributed by atoms with E-state index in [4.69, 9.17) is 4.42 Å². The van der Waals surface area contributed by atoms with Crippen LogP contribution in [0.1, 0.15) is 18.4 Å². The largest absolute Gasteiger partial charge is 0.441 e. The van der Waals surface area contributed by atoms with Crippen molar-refractivity contribution in [2.45, 2.75) is 25.2 Å². The number of oxazole rings is 1. The number of hydrogen-bond acceptors (Lipinski definition) is 4. The molecule has 0 atom stereocenters. The highest BCUT2D eigenvalue weighted by molar-refractivity contribution is 7.92. The first-order valence-electron chi connectivity index (χ1n) is 6.97. The Hall–Kier alpha value is -2.34. The van der Waals surface area contributed by atoms with Gasteiger partial charge in [-0.25, -0.2) is 13.4 Å². The summed E-state index contributed by atoms with van der Waals surface area (Å²) in [4.78, 5) is 4.52. The van der Waals surface area contributed by atoms with Gasteiger partial charge >= 0.3 is 0 Å². The van der Waals surface area contributed by atoms with E-state index in [1.807, 2.05) is 13.8 Å². The zero-order chi connectivity index (χ0) is 15.7. The topological polar surface area (TPSA) is 72.2 Å². The molecule has 0 aliphatic heterocycles. The highest BCUT2D eigenvalue weighted by atomic mass is 32.2. The predicted molar refractivity (Wildman–Crippen MR) is 85.4 cm³/mol. The molecule has 1 N–H and O–H groups in total. The molecule has 3 rings (SSSR count). The van der Waals surface area contributed by atoms with Crippen LogP contribution in [-0.4, -0.2) is 13.4 Å². The molecule has 0 bridgehead atoms. The van der Waals surface area contributed by atoms with Gasteiger partial charge in [-0.1, -0.05) is 24.6 Å². The summed E-state index contributed by atoms with van der Waals surface area (Å²) in [5.74, 6) is 0.633. The van der Waals surface area contributed by atoms with E-state index >= 15 is 0 Å². The summed E-state index contributed by atoms with van der Waals surface area (Å²) in [6.07, 6.45) is 0.694. The molecule has 2 aromatic carbocycles. The molecule has 22 heavy (non-hydrogen) atoms. The van der Waals surface area contributed by atoms with Crippen LogP contribution in [0, 0.1) is 6.92 Å². The number of sulfonamides is 1. The second-order valence-electron chi connectivity index (χ2n) is 5.06. The number of nitrogens with zero attached hydrogens (tertiary/aromatic N) is 1. The first kappa shape index (κ1) is 14.6. The second-order valence-corrected chi connectivity index (χ2v) is 6.74. The molecule has 0 unspecified atom stereocenters. The molecule has 0 aliphatic rings. The fourth-order valence-electron chi connectivity index (χ4n) is 2.12. The van der Waals surface area contributed by atoms with Gasteiger partial charge in [0.2, 0.25) is 0 Å². The molecule has 0 spiro atoms. The molecule has 1 aromatic heterocycles. The monoisotopic (exact) mass is 316 g/mol. The molecular formula is C16H16N2O3S. The van der Waals surface area contributed by atoms with Crippen molar-refractivity contribution >= 4 is 26.8 Å². The lowest BCUT2D eigenvalue weighted by Crippen LogP contribution is -2.12. The maximum Gasteiger partial charge on any atom is 0.261 e. The summed E-state index contributed by atoms with van der Waals surface area (Å²) in [5.41, 5.74) is 2.75. The third kappa shape index (κ3) is 2.82. The molecule has 0 aliphatic carbocycles. The summed E-state index contributed by atoms with van der Waals surface area (Å²) in [7, 11) is -3.61. The van der Waals surface area contributed by atoms with Gasteiger partial charge in [-0.05, 0) is 31.2 Å². The van der Waals surface area contributed by atoms with Gasteiger partial charge in [-0.3, -0.25) is 4.72 Å². The average Bonchev–Trinajstić information content (AvgIpc) is 2.89. The third-order valence-corrected chi connectivity index (χ3v) is 4.72. The van der Waals surface area contributed by atoms with Gasteiger partial charge in [-0.15, -0.1) is 0 Å². The van der Waals surface area contributed by atoms with Gasteiger partial charge in [0.05, 0.1) is 10.6 Å². The van der Waals surface area contributed by atoms with E-state index in [0.717, 1.165) is 11.1 Å². The Kier molecular flexibility index (Phi) is 3.62. The first-order valence-corrected chi connectivity index (χ1v) is 8.45. The molecule has 0 fully saturated rings. The number of anilines is 1. The zero-order valence-electron chi connectivity index (χ0n) is 12.3. The predicted octanol–water partition coefficient (Wildman–Crippen LogP) is 3.50. The first-order chi connectivity index (χ1) is 10.5. The third-order valence-electron chi connectivity index (χ3n) is 3.32. The number of aromatic nitrogens is 1. The molecule has 1 heterocycles. The van der Waals surface area contributed by atoms with Crippen LogP contribution < -0.4 is 4.72 Å². The number of rotatable bonds is 4. The Balaban J connectivity index is 1.92. The number of fused-ring (bicyclic) bond motifs is 1. The van der Waals surface area contributed by atoms with Crippen molar-refractivity contribution < 1.29 is 12.8 Å². The molecule has 0 radical (unpaired) electrons. The Morgan fingerprint density at radius 2 is 1.86 bits per heavy atom. The Bertz CT molecular complexity index is 912. The normalized spacial score (nSPS) is 11.7. The number of nitrogens with one attached hydrogen (secondary N) is 1. The molecule has 114 valence electrons. The van der Waals surface area contributed by atoms with E-state index in [2.05, 4.69) is 9.71 Å². The van der Waals surface area contributed by atoms with E-state index < -0.39 is 10.0 Å². The smallest absolute Gasteiger partial charge is 0.261 e. The fourth-order valence-corrected chi connectivity index (χ4v) is 3.17. The SMILES string of the molecule is CCc1nc2ccc(NS(=O)(=O)c3ccc(C)cc3)cc2o1. The summed E-state index contributed by atoms with van der Waals surface area (Å²) in [6, 6.07) is 11.8. The average molecular weight is 316 g/mol. The van der Waals surface area contributed by atoms with Gasteiger partial charge in [0, 0.05) is 12.5 Å². The van der Waals surface area contributed by atoms with Crippen molar-refractivity contribution in [3.8, 4) is 0 Å². The minimum absolute atomic E-state index is 0.227. The van der Waals surface area contributed by atoms with Crippen molar-refractivity contribution in [2.24, 2.45) is 0 Å². The fraction of sp³-hybridized carbons (Fsp3) is 0.188. The lowest BCUT2D eigenvalue weighted by molar-refractivity contribution is 0.538. The highest BCUT2D eigenvalue weighted by Crippen LogP contribution is 2.23. The summed E-state index contributed by atoms with van der Waals surface area (Å²) in [6.45, 7) is 3.86. The zero-order valence-corrected chi connectivity index (χ0v) is 13.1. The highest BCUT2D eigenvalue weighted by Gasteiger charge is 2.14. The maximum atomic E-state index is 12.4. The Morgan fingerprint density at radius 3 is 2.55 bits per heavy atom. The Morgan fingerprint density at radius 1 is 1.14 bits per heavy atom. The van der Waals surface area contributed by atoms with Crippen LogP contribution in [0.15, 0.2) is 51.8 Å². The molecule has 5 nitrogen and oxygen atoms in total. The summed E-state index contributed by atoms with van der Waals surface area (Å²) >= 11 is 0. The van der Waals surface area contributed by atoms with E-state index in [1.54, 1.807) is 42.5 Å². The van der Waals surface area contributed by atoms with Crippen molar-refractivity contribution in [1.29, 1.82) is 0 Å². The quantitative estimate of drug-likeness (QED) is 0.799. The van der Waals surface area contributed by atoms with Crippen LogP contribution in [0.4, 0.5) is 5.69 Å². The molecule has 6 heteroatoms. The number of hydrogen-bond donors (Lipinski definition) is 1. The lowest BCUT2D eigenvalue weighted by Gasteiger charge is -2.08. The number of benzene rings is 2. The van der Waals surface area contributed by atoms with Crippen LogP contribution in [0.5, 0.6) is 0 Å². The maximum absolute atomic E-state index is 12.4. The van der Waals surface area contributed by atoms with Crippen LogP contribution in [-0.2, 0) is 16.4 Å². The van der Waals surface area contributed by atoms with E-state index in [-0.39, 0.29) is 4.90 Å². The van der Waals surface area contributed by atoms with Crippen molar-refractivity contribution in [3.05, 3.63) is 53.9 Å². The van der Waals surface area contributed by atoms with E-state index in [1.165, 1.54) is 0 Å². The van der Waals surface area contributed by atoms with Crippen LogP contribution in [0.2, 0.25) is 0 Å². The van der Waals surface area contributed by atoms with E-state index in [9.17, 15) is 8.42 Å². The minimum atomic E-state index is -3.61. The van der Waals surface area contributed by atoms with Gasteiger partial charge in [0.1, 0.15) is 5.52 Å². The van der Waals surface area contributed by atoms with Crippen LogP contribution in [0.25, 0.3) is 11.1 Å². The van der Waals surface area contributed by atoms with Crippen LogP contribution in [0.3, 0.4) is 0 Å². The standard InChI is InChI=1S/C16H16N2O3S/c1-3-16-17-14-9-6-12(10-15(14)21-16)18-22(19,20)13-7-4-11(2)5-8-13/h4-10,18H,3H2,1-2H3. The van der Waals surface area contributed by atoms with Gasteiger partial charge in [0.15, 0.2) is 11.5 Å². The van der Waals surface area contributed by atoms with Crippen molar-refractivity contribution in [1.82, 2.24) is 4.98 Å². The summed E-state index contributed by atoms with van der Waals surface area (Å²) in [5, 5.41) is 0. The molecule has 3 aromatic rings. The molecule has 0 amide bonds. The number of aryl methyl sites for hydroxylation is 2. The van der Waals surface area contributed by atoms with Crippen LogP contribution >= 0.6 is 0 Å². The summed E-state index contributed by atoms with van der Waals surface area (Å²) < 4.78 is 32.8. The van der Waals surface area contributed by atoms with Gasteiger partial charge < -0.3 is 4.42 Å². The lowest BCUT2D eigenvalue weighted by atomic mass is 10.2. The molecule has 0 saturated carbocycles. The second kappa shape index (κ2) is 5.46. The van der Waals surface area contributed by atoms with Crippen molar-refractivity contribution in [2.75, 3.05) is 4.72 Å². The van der Waals surface area contributed by atoms with Gasteiger partial charge in [-0.2, -0.15) is 0 Å².